The molecule has 0 amide bonds. The van der Waals surface area contributed by atoms with Gasteiger partial charge in [0, 0.05) is 31.0 Å². The van der Waals surface area contributed by atoms with Gasteiger partial charge in [0.05, 0.1) is 17.8 Å². The normalized spacial score (nSPS) is 11.2. The summed E-state index contributed by atoms with van der Waals surface area (Å²) in [5, 5.41) is 8.89. The second-order valence-electron chi connectivity index (χ2n) is 4.71. The fourth-order valence-electron chi connectivity index (χ4n) is 2.44. The van der Waals surface area contributed by atoms with E-state index in [1.165, 1.54) is 16.8 Å². The lowest BCUT2D eigenvalue weighted by molar-refractivity contribution is 0.580. The lowest BCUT2D eigenvalue weighted by Crippen LogP contribution is -2.07. The van der Waals surface area contributed by atoms with Crippen LogP contribution in [-0.2, 0) is 38.7 Å². The zero-order chi connectivity index (χ0) is 13.8. The van der Waals surface area contributed by atoms with Gasteiger partial charge in [-0.25, -0.2) is 0 Å². The number of hydrogen-bond donors (Lipinski definition) is 0. The van der Waals surface area contributed by atoms with Gasteiger partial charge in [0.25, 0.3) is 0 Å². The average molecular weight is 281 g/mol. The van der Waals surface area contributed by atoms with Crippen LogP contribution in [0, 0.1) is 0 Å². The summed E-state index contributed by atoms with van der Waals surface area (Å²) >= 11 is 6.06. The molecule has 0 N–H and O–H groups in total. The number of aromatic nitrogens is 4. The van der Waals surface area contributed by atoms with E-state index in [9.17, 15) is 0 Å². The van der Waals surface area contributed by atoms with Crippen LogP contribution in [0.2, 0.25) is 0 Å². The predicted molar refractivity (Wildman–Crippen MR) is 77.5 cm³/mol. The van der Waals surface area contributed by atoms with Crippen molar-refractivity contribution in [2.75, 3.05) is 0 Å². The van der Waals surface area contributed by atoms with E-state index in [1.54, 1.807) is 0 Å². The van der Waals surface area contributed by atoms with Crippen molar-refractivity contribution >= 4 is 11.6 Å². The third-order valence-electron chi connectivity index (χ3n) is 3.42. The second kappa shape index (κ2) is 6.24. The molecule has 0 aliphatic carbocycles. The molecule has 2 aromatic heterocycles. The lowest BCUT2D eigenvalue weighted by Gasteiger charge is -2.06. The molecule has 2 heterocycles. The Labute approximate surface area is 119 Å². The molecule has 0 fully saturated rings. The molecule has 0 aliphatic heterocycles. The van der Waals surface area contributed by atoms with Crippen LogP contribution >= 0.6 is 11.6 Å². The van der Waals surface area contributed by atoms with Crippen molar-refractivity contribution in [2.24, 2.45) is 7.05 Å². The maximum Gasteiger partial charge on any atom is 0.0668 e. The van der Waals surface area contributed by atoms with Crippen LogP contribution in [0.5, 0.6) is 0 Å². The summed E-state index contributed by atoms with van der Waals surface area (Å²) in [4.78, 5) is 0. The Hall–Kier alpha value is -1.29. The van der Waals surface area contributed by atoms with Crippen LogP contribution < -0.4 is 0 Å². The minimum absolute atomic E-state index is 0.555. The van der Waals surface area contributed by atoms with Crippen LogP contribution in [0.3, 0.4) is 0 Å². The number of rotatable bonds is 6. The topological polar surface area (TPSA) is 35.6 Å². The molecule has 0 radical (unpaired) electrons. The Morgan fingerprint density at radius 3 is 2.58 bits per heavy atom. The van der Waals surface area contributed by atoms with Crippen LogP contribution in [0.15, 0.2) is 12.4 Å². The molecule has 2 aromatic rings. The second-order valence-corrected chi connectivity index (χ2v) is 4.98. The molecule has 0 bridgehead atoms. The maximum absolute atomic E-state index is 6.06. The van der Waals surface area contributed by atoms with Crippen molar-refractivity contribution in [3.05, 3.63) is 34.9 Å². The molecular weight excluding hydrogens is 260 g/mol. The summed E-state index contributed by atoms with van der Waals surface area (Å²) in [5.41, 5.74) is 4.87. The van der Waals surface area contributed by atoms with Gasteiger partial charge in [-0.05, 0) is 24.8 Å². The predicted octanol–water partition coefficient (Wildman–Crippen LogP) is 2.72. The summed E-state index contributed by atoms with van der Waals surface area (Å²) in [6.45, 7) is 5.18. The highest BCUT2D eigenvalue weighted by molar-refractivity contribution is 6.17. The van der Waals surface area contributed by atoms with Gasteiger partial charge in [0.15, 0.2) is 0 Å². The van der Waals surface area contributed by atoms with Crippen LogP contribution in [-0.4, -0.2) is 19.6 Å². The molecule has 0 spiro atoms. The monoisotopic (exact) mass is 280 g/mol. The largest absolute Gasteiger partial charge is 0.276 e. The highest BCUT2D eigenvalue weighted by Gasteiger charge is 2.14. The first kappa shape index (κ1) is 14.1. The van der Waals surface area contributed by atoms with E-state index in [2.05, 4.69) is 29.8 Å². The SMILES string of the molecule is CCc1nn(CCc2cnn(C)c2)c(CC)c1CCl. The number of aryl methyl sites for hydroxylation is 4. The minimum Gasteiger partial charge on any atom is -0.276 e. The third-order valence-corrected chi connectivity index (χ3v) is 3.69. The van der Waals surface area contributed by atoms with Gasteiger partial charge in [-0.1, -0.05) is 13.8 Å². The van der Waals surface area contributed by atoms with Gasteiger partial charge in [-0.15, -0.1) is 11.6 Å². The van der Waals surface area contributed by atoms with Crippen molar-refractivity contribution < 1.29 is 0 Å². The number of nitrogens with zero attached hydrogens (tertiary/aromatic N) is 4. The van der Waals surface area contributed by atoms with E-state index in [1.807, 2.05) is 17.9 Å². The standard InChI is InChI=1S/C14H21ClN4/c1-4-13-12(8-15)14(5-2)19(17-13)7-6-11-9-16-18(3)10-11/h9-10H,4-8H2,1-3H3. The Bertz CT molecular complexity index is 542. The number of hydrogen-bond acceptors (Lipinski definition) is 2. The van der Waals surface area contributed by atoms with E-state index in [0.717, 1.165) is 31.5 Å². The van der Waals surface area contributed by atoms with E-state index >= 15 is 0 Å². The van der Waals surface area contributed by atoms with E-state index in [0.29, 0.717) is 5.88 Å². The van der Waals surface area contributed by atoms with Crippen LogP contribution in [0.4, 0.5) is 0 Å². The summed E-state index contributed by atoms with van der Waals surface area (Å²) in [5.74, 6) is 0.555. The minimum atomic E-state index is 0.555. The molecule has 104 valence electrons. The van der Waals surface area contributed by atoms with E-state index < -0.39 is 0 Å². The molecule has 2 rings (SSSR count). The van der Waals surface area contributed by atoms with Gasteiger partial charge in [-0.3, -0.25) is 9.36 Å². The molecule has 5 heteroatoms. The molecule has 0 saturated heterocycles. The Morgan fingerprint density at radius 2 is 2.05 bits per heavy atom. The number of alkyl halides is 1. The molecule has 4 nitrogen and oxygen atoms in total. The maximum atomic E-state index is 6.06. The van der Waals surface area contributed by atoms with Crippen molar-refractivity contribution in [1.82, 2.24) is 19.6 Å². The smallest absolute Gasteiger partial charge is 0.0668 e. The molecular formula is C14H21ClN4. The van der Waals surface area contributed by atoms with Crippen molar-refractivity contribution in [3.63, 3.8) is 0 Å². The molecule has 0 unspecified atom stereocenters. The average Bonchev–Trinajstić information content (AvgIpc) is 2.98. The van der Waals surface area contributed by atoms with Crippen molar-refractivity contribution in [3.8, 4) is 0 Å². The van der Waals surface area contributed by atoms with Crippen LogP contribution in [0.25, 0.3) is 0 Å². The van der Waals surface area contributed by atoms with E-state index in [4.69, 9.17) is 16.7 Å². The van der Waals surface area contributed by atoms with Gasteiger partial charge in [0.1, 0.15) is 0 Å². The van der Waals surface area contributed by atoms with Gasteiger partial charge >= 0.3 is 0 Å². The molecule has 0 saturated carbocycles. The zero-order valence-electron chi connectivity index (χ0n) is 11.9. The first-order valence-corrected chi connectivity index (χ1v) is 7.33. The molecule has 19 heavy (non-hydrogen) atoms. The molecule has 0 atom stereocenters. The lowest BCUT2D eigenvalue weighted by atomic mass is 10.1. The van der Waals surface area contributed by atoms with Crippen molar-refractivity contribution in [1.29, 1.82) is 0 Å². The summed E-state index contributed by atoms with van der Waals surface area (Å²) in [6, 6.07) is 0. The van der Waals surface area contributed by atoms with Gasteiger partial charge in [-0.2, -0.15) is 10.2 Å². The van der Waals surface area contributed by atoms with Gasteiger partial charge in [0.2, 0.25) is 0 Å². The third kappa shape index (κ3) is 3.00. The first-order chi connectivity index (χ1) is 9.19. The van der Waals surface area contributed by atoms with Crippen molar-refractivity contribution in [2.45, 2.75) is 45.5 Å². The quantitative estimate of drug-likeness (QED) is 0.763. The fourth-order valence-corrected chi connectivity index (χ4v) is 2.75. The first-order valence-electron chi connectivity index (χ1n) is 6.80. The number of halogens is 1. The Morgan fingerprint density at radius 1 is 1.26 bits per heavy atom. The Kier molecular flexibility index (Phi) is 4.64. The highest BCUT2D eigenvalue weighted by Crippen LogP contribution is 2.19. The van der Waals surface area contributed by atoms with E-state index in [-0.39, 0.29) is 0 Å². The summed E-state index contributed by atoms with van der Waals surface area (Å²) in [6.07, 6.45) is 6.83. The summed E-state index contributed by atoms with van der Waals surface area (Å²) in [7, 11) is 1.94. The Balaban J connectivity index is 2.17. The zero-order valence-corrected chi connectivity index (χ0v) is 12.6. The molecule has 0 aliphatic rings. The molecule has 0 aromatic carbocycles. The van der Waals surface area contributed by atoms with Gasteiger partial charge < -0.3 is 0 Å². The highest BCUT2D eigenvalue weighted by atomic mass is 35.5. The summed E-state index contributed by atoms with van der Waals surface area (Å²) < 4.78 is 3.95. The van der Waals surface area contributed by atoms with Crippen LogP contribution in [0.1, 0.15) is 36.4 Å². The fraction of sp³-hybridized carbons (Fsp3) is 0.571.